The number of thiophene rings is 1. The van der Waals surface area contributed by atoms with Gasteiger partial charge in [-0.25, -0.2) is 0 Å². The van der Waals surface area contributed by atoms with Crippen LogP contribution in [0.5, 0.6) is 0 Å². The summed E-state index contributed by atoms with van der Waals surface area (Å²) >= 11 is 13.3. The fourth-order valence-electron chi connectivity index (χ4n) is 2.01. The Morgan fingerprint density at radius 3 is 2.81 bits per heavy atom. The molecule has 2 heterocycles. The molecule has 2 amide bonds. The van der Waals surface area contributed by atoms with E-state index in [-0.39, 0.29) is 23.4 Å². The van der Waals surface area contributed by atoms with E-state index in [1.807, 2.05) is 16.8 Å². The van der Waals surface area contributed by atoms with Crippen molar-refractivity contribution in [1.29, 1.82) is 0 Å². The second-order valence-electron chi connectivity index (χ2n) is 5.15. The number of benzene rings is 1. The molecule has 0 atom stereocenters. The van der Waals surface area contributed by atoms with Gasteiger partial charge in [-0.15, -0.1) is 0 Å². The minimum Gasteiger partial charge on any atom is -0.339 e. The number of aromatic nitrogens is 2. The molecule has 0 saturated heterocycles. The van der Waals surface area contributed by atoms with Gasteiger partial charge in [0, 0.05) is 28.8 Å². The zero-order valence-corrected chi connectivity index (χ0v) is 15.5. The highest BCUT2D eigenvalue weighted by molar-refractivity contribution is 7.08. The molecule has 0 bridgehead atoms. The van der Waals surface area contributed by atoms with Gasteiger partial charge >= 0.3 is 0 Å². The molecule has 134 valence electrons. The number of hydrazine groups is 1. The highest BCUT2D eigenvalue weighted by Crippen LogP contribution is 2.20. The molecule has 2 N–H and O–H groups in total. The minimum absolute atomic E-state index is 0.0643. The van der Waals surface area contributed by atoms with E-state index in [1.54, 1.807) is 6.07 Å². The van der Waals surface area contributed by atoms with Crippen LogP contribution in [-0.4, -0.2) is 22.0 Å². The van der Waals surface area contributed by atoms with Crippen molar-refractivity contribution in [3.8, 4) is 11.4 Å². The Kier molecular flexibility index (Phi) is 5.87. The fourth-order valence-corrected chi connectivity index (χ4v) is 3.02. The van der Waals surface area contributed by atoms with Crippen LogP contribution in [0.25, 0.3) is 11.4 Å². The summed E-state index contributed by atoms with van der Waals surface area (Å²) in [6.07, 6.45) is 0.311. The summed E-state index contributed by atoms with van der Waals surface area (Å²) in [7, 11) is 0. The zero-order valence-electron chi connectivity index (χ0n) is 13.2. The van der Waals surface area contributed by atoms with Crippen molar-refractivity contribution in [3.63, 3.8) is 0 Å². The highest BCUT2D eigenvalue weighted by Gasteiger charge is 2.14. The Morgan fingerprint density at radius 2 is 2.04 bits per heavy atom. The van der Waals surface area contributed by atoms with Gasteiger partial charge < -0.3 is 4.52 Å². The molecule has 10 heteroatoms. The van der Waals surface area contributed by atoms with Crippen LogP contribution in [-0.2, 0) is 11.2 Å². The summed E-state index contributed by atoms with van der Waals surface area (Å²) in [6.45, 7) is 0. The Labute approximate surface area is 162 Å². The third-order valence-electron chi connectivity index (χ3n) is 3.30. The predicted molar refractivity (Wildman–Crippen MR) is 98.0 cm³/mol. The van der Waals surface area contributed by atoms with Gasteiger partial charge in [0.1, 0.15) is 0 Å². The van der Waals surface area contributed by atoms with Gasteiger partial charge in [0.2, 0.25) is 17.6 Å². The normalized spacial score (nSPS) is 10.5. The van der Waals surface area contributed by atoms with Crippen molar-refractivity contribution in [2.24, 2.45) is 0 Å². The molecule has 7 nitrogen and oxygen atoms in total. The van der Waals surface area contributed by atoms with Crippen molar-refractivity contribution in [1.82, 2.24) is 21.0 Å². The Morgan fingerprint density at radius 1 is 1.19 bits per heavy atom. The van der Waals surface area contributed by atoms with Crippen LogP contribution in [0.1, 0.15) is 22.7 Å². The van der Waals surface area contributed by atoms with Crippen LogP contribution < -0.4 is 10.9 Å². The topological polar surface area (TPSA) is 97.1 Å². The third-order valence-corrected chi connectivity index (χ3v) is 4.55. The van der Waals surface area contributed by atoms with Crippen molar-refractivity contribution in [2.45, 2.75) is 12.8 Å². The molecule has 2 aromatic heterocycles. The number of nitrogens with zero attached hydrogens (tertiary/aromatic N) is 2. The predicted octanol–water partition coefficient (Wildman–Crippen LogP) is 3.50. The SMILES string of the molecule is O=C(CCc1nc(-c2ccsc2)no1)NNC(=O)c1cc(Cl)ccc1Cl. The molecule has 0 spiro atoms. The summed E-state index contributed by atoms with van der Waals surface area (Å²) in [6, 6.07) is 6.35. The maximum absolute atomic E-state index is 12.0. The second kappa shape index (κ2) is 8.31. The molecule has 0 aliphatic carbocycles. The number of carbonyl (C=O) groups is 2. The van der Waals surface area contributed by atoms with Crippen LogP contribution in [0.15, 0.2) is 39.5 Å². The monoisotopic (exact) mass is 410 g/mol. The Balaban J connectivity index is 1.49. The molecule has 1 aromatic carbocycles. The fraction of sp³-hybridized carbons (Fsp3) is 0.125. The van der Waals surface area contributed by atoms with Gasteiger partial charge in [-0.2, -0.15) is 16.3 Å². The largest absolute Gasteiger partial charge is 0.339 e. The number of carbonyl (C=O) groups excluding carboxylic acids is 2. The first-order valence-corrected chi connectivity index (χ1v) is 9.12. The summed E-state index contributed by atoms with van der Waals surface area (Å²) in [5.41, 5.74) is 5.61. The molecule has 0 saturated carbocycles. The Hall–Kier alpha value is -2.42. The van der Waals surface area contributed by atoms with Gasteiger partial charge in [0.05, 0.1) is 10.6 Å². The van der Waals surface area contributed by atoms with E-state index in [0.717, 1.165) is 5.56 Å². The lowest BCUT2D eigenvalue weighted by Crippen LogP contribution is -2.41. The van der Waals surface area contributed by atoms with Crippen LogP contribution in [0, 0.1) is 0 Å². The number of hydrogen-bond acceptors (Lipinski definition) is 6. The molecule has 3 aromatic rings. The molecular formula is C16H12Cl2N4O3S. The maximum atomic E-state index is 12.0. The van der Waals surface area contributed by atoms with Crippen molar-refractivity contribution < 1.29 is 14.1 Å². The zero-order chi connectivity index (χ0) is 18.5. The second-order valence-corrected chi connectivity index (χ2v) is 6.77. The van der Waals surface area contributed by atoms with Gasteiger partial charge in [-0.3, -0.25) is 20.4 Å². The van der Waals surface area contributed by atoms with E-state index >= 15 is 0 Å². The van der Waals surface area contributed by atoms with E-state index in [9.17, 15) is 9.59 Å². The molecular weight excluding hydrogens is 399 g/mol. The van der Waals surface area contributed by atoms with E-state index in [1.165, 1.54) is 23.5 Å². The first kappa shape index (κ1) is 18.4. The summed E-state index contributed by atoms with van der Waals surface area (Å²) in [5, 5.41) is 8.27. The van der Waals surface area contributed by atoms with Gasteiger partial charge in [-0.05, 0) is 29.6 Å². The number of rotatable bonds is 5. The standard InChI is InChI=1S/C16H12Cl2N4O3S/c17-10-1-2-12(18)11(7-10)16(24)21-20-13(23)3-4-14-19-15(22-25-14)9-5-6-26-8-9/h1-2,5-8H,3-4H2,(H,20,23)(H,21,24). The van der Waals surface area contributed by atoms with E-state index in [0.29, 0.717) is 16.7 Å². The number of aryl methyl sites for hydroxylation is 1. The first-order valence-electron chi connectivity index (χ1n) is 7.42. The van der Waals surface area contributed by atoms with Gasteiger partial charge in [0.25, 0.3) is 5.91 Å². The Bertz CT molecular complexity index is 927. The molecule has 3 rings (SSSR count). The van der Waals surface area contributed by atoms with Gasteiger partial charge in [-0.1, -0.05) is 28.4 Å². The lowest BCUT2D eigenvalue weighted by atomic mass is 10.2. The third kappa shape index (κ3) is 4.60. The van der Waals surface area contributed by atoms with E-state index in [4.69, 9.17) is 27.7 Å². The molecule has 0 aliphatic heterocycles. The van der Waals surface area contributed by atoms with Crippen LogP contribution in [0.3, 0.4) is 0 Å². The summed E-state index contributed by atoms with van der Waals surface area (Å²) < 4.78 is 5.11. The number of nitrogens with one attached hydrogen (secondary N) is 2. The number of hydrogen-bond donors (Lipinski definition) is 2. The van der Waals surface area contributed by atoms with Crippen LogP contribution in [0.4, 0.5) is 0 Å². The molecule has 0 fully saturated rings. The lowest BCUT2D eigenvalue weighted by Gasteiger charge is -2.08. The number of halogens is 2. The molecule has 26 heavy (non-hydrogen) atoms. The van der Waals surface area contributed by atoms with Crippen molar-refractivity contribution in [3.05, 3.63) is 56.5 Å². The summed E-state index contributed by atoms with van der Waals surface area (Å²) in [5.74, 6) is -0.161. The maximum Gasteiger partial charge on any atom is 0.271 e. The quantitative estimate of drug-likeness (QED) is 0.627. The smallest absolute Gasteiger partial charge is 0.271 e. The van der Waals surface area contributed by atoms with E-state index < -0.39 is 11.8 Å². The van der Waals surface area contributed by atoms with Crippen molar-refractivity contribution >= 4 is 46.4 Å². The molecule has 0 aliphatic rings. The summed E-state index contributed by atoms with van der Waals surface area (Å²) in [4.78, 5) is 28.1. The highest BCUT2D eigenvalue weighted by atomic mass is 35.5. The molecule has 0 radical (unpaired) electrons. The average molecular weight is 411 g/mol. The van der Waals surface area contributed by atoms with Crippen molar-refractivity contribution in [2.75, 3.05) is 0 Å². The van der Waals surface area contributed by atoms with E-state index in [2.05, 4.69) is 21.0 Å². The minimum atomic E-state index is -0.566. The first-order chi connectivity index (χ1) is 12.5. The number of amides is 2. The lowest BCUT2D eigenvalue weighted by molar-refractivity contribution is -0.121. The van der Waals surface area contributed by atoms with Crippen LogP contribution in [0.2, 0.25) is 10.0 Å². The van der Waals surface area contributed by atoms with Crippen LogP contribution >= 0.6 is 34.5 Å². The average Bonchev–Trinajstić information content (AvgIpc) is 3.31. The van der Waals surface area contributed by atoms with Gasteiger partial charge in [0.15, 0.2) is 0 Å². The molecule has 0 unspecified atom stereocenters.